The molecular formula is C12H19N5O. The number of aryl methyl sites for hydroxylation is 2. The van der Waals surface area contributed by atoms with Crippen molar-refractivity contribution < 1.29 is 4.79 Å². The molecule has 1 saturated carbocycles. The van der Waals surface area contributed by atoms with Gasteiger partial charge in [-0.3, -0.25) is 4.68 Å². The van der Waals surface area contributed by atoms with E-state index in [1.165, 1.54) is 12.8 Å². The quantitative estimate of drug-likeness (QED) is 0.621. The van der Waals surface area contributed by atoms with Crippen molar-refractivity contribution in [2.24, 2.45) is 18.1 Å². The third-order valence-electron chi connectivity index (χ3n) is 2.98. The Kier molecular flexibility index (Phi) is 3.64. The molecule has 1 aliphatic rings. The van der Waals surface area contributed by atoms with Crippen LogP contribution in [0.5, 0.6) is 0 Å². The first-order valence-corrected chi connectivity index (χ1v) is 6.15. The fourth-order valence-corrected chi connectivity index (χ4v) is 1.75. The van der Waals surface area contributed by atoms with Gasteiger partial charge in [-0.05, 0) is 32.6 Å². The Morgan fingerprint density at radius 2 is 2.33 bits per heavy atom. The zero-order valence-corrected chi connectivity index (χ0v) is 11.0. The molecule has 1 aromatic rings. The van der Waals surface area contributed by atoms with Crippen molar-refractivity contribution in [1.82, 2.24) is 20.5 Å². The number of hydrogen-bond acceptors (Lipinski definition) is 3. The summed E-state index contributed by atoms with van der Waals surface area (Å²) in [5.74, 6) is 0.668. The summed E-state index contributed by atoms with van der Waals surface area (Å²) in [7, 11) is 1.86. The first-order valence-electron chi connectivity index (χ1n) is 6.15. The molecule has 0 bridgehead atoms. The minimum absolute atomic E-state index is 0.247. The number of carbonyl (C=O) groups is 1. The standard InChI is InChI=1S/C12H19N5O/c1-8(11-7-17(3)16-9(11)2)14-15-12(18)13-6-10-4-5-10/h7,10H,4-6H2,1-3H3,(H2,13,15,18)/b14-8+. The van der Waals surface area contributed by atoms with Crippen molar-refractivity contribution in [3.63, 3.8) is 0 Å². The van der Waals surface area contributed by atoms with Gasteiger partial charge in [-0.25, -0.2) is 10.2 Å². The molecule has 2 rings (SSSR count). The van der Waals surface area contributed by atoms with Gasteiger partial charge in [-0.15, -0.1) is 0 Å². The van der Waals surface area contributed by atoms with Crippen LogP contribution in [-0.4, -0.2) is 28.1 Å². The molecule has 0 aromatic carbocycles. The molecule has 0 radical (unpaired) electrons. The van der Waals surface area contributed by atoms with Gasteiger partial charge >= 0.3 is 6.03 Å². The predicted molar refractivity (Wildman–Crippen MR) is 69.4 cm³/mol. The SMILES string of the molecule is C/C(=N\NC(=O)NCC1CC1)c1cn(C)nc1C. The molecule has 1 aliphatic carbocycles. The second-order valence-corrected chi connectivity index (χ2v) is 4.76. The summed E-state index contributed by atoms with van der Waals surface area (Å²) >= 11 is 0. The molecule has 6 nitrogen and oxygen atoms in total. The topological polar surface area (TPSA) is 71.3 Å². The van der Waals surface area contributed by atoms with Crippen molar-refractivity contribution in [3.8, 4) is 0 Å². The Balaban J connectivity index is 1.87. The first kappa shape index (κ1) is 12.6. The van der Waals surface area contributed by atoms with E-state index in [0.29, 0.717) is 5.92 Å². The van der Waals surface area contributed by atoms with E-state index in [9.17, 15) is 4.79 Å². The molecule has 0 saturated heterocycles. The third-order valence-corrected chi connectivity index (χ3v) is 2.98. The van der Waals surface area contributed by atoms with E-state index < -0.39 is 0 Å². The molecule has 0 spiro atoms. The van der Waals surface area contributed by atoms with E-state index in [-0.39, 0.29) is 6.03 Å². The van der Waals surface area contributed by atoms with Crippen molar-refractivity contribution >= 4 is 11.7 Å². The third kappa shape index (κ3) is 3.32. The summed E-state index contributed by atoms with van der Waals surface area (Å²) in [6.45, 7) is 4.51. The monoisotopic (exact) mass is 249 g/mol. The Hall–Kier alpha value is -1.85. The van der Waals surface area contributed by atoms with Crippen LogP contribution in [0.15, 0.2) is 11.3 Å². The van der Waals surface area contributed by atoms with Gasteiger partial charge in [0.2, 0.25) is 0 Å². The van der Waals surface area contributed by atoms with E-state index in [1.54, 1.807) is 4.68 Å². The van der Waals surface area contributed by atoms with E-state index in [0.717, 1.165) is 23.5 Å². The molecule has 6 heteroatoms. The summed E-state index contributed by atoms with van der Waals surface area (Å²) < 4.78 is 1.73. The second kappa shape index (κ2) is 5.20. The molecule has 1 fully saturated rings. The van der Waals surface area contributed by atoms with E-state index in [2.05, 4.69) is 20.9 Å². The molecular weight excluding hydrogens is 230 g/mol. The number of aromatic nitrogens is 2. The lowest BCUT2D eigenvalue weighted by atomic mass is 10.2. The van der Waals surface area contributed by atoms with Crippen LogP contribution in [0.4, 0.5) is 4.79 Å². The average Bonchev–Trinajstić information content (AvgIpc) is 3.08. The highest BCUT2D eigenvalue weighted by Crippen LogP contribution is 2.27. The largest absolute Gasteiger partial charge is 0.336 e. The number of carbonyl (C=O) groups excluding carboxylic acids is 1. The van der Waals surface area contributed by atoms with Crippen LogP contribution in [0.2, 0.25) is 0 Å². The van der Waals surface area contributed by atoms with Crippen molar-refractivity contribution in [1.29, 1.82) is 0 Å². The maximum Gasteiger partial charge on any atom is 0.335 e. The van der Waals surface area contributed by atoms with Crippen molar-refractivity contribution in [2.75, 3.05) is 6.54 Å². The normalized spacial score (nSPS) is 15.6. The summed E-state index contributed by atoms with van der Waals surface area (Å²) in [5, 5.41) is 11.1. The minimum Gasteiger partial charge on any atom is -0.336 e. The van der Waals surface area contributed by atoms with Crippen LogP contribution in [0.1, 0.15) is 31.0 Å². The lowest BCUT2D eigenvalue weighted by Crippen LogP contribution is -2.34. The minimum atomic E-state index is -0.247. The predicted octanol–water partition coefficient (Wildman–Crippen LogP) is 1.16. The molecule has 1 heterocycles. The van der Waals surface area contributed by atoms with Gasteiger partial charge < -0.3 is 5.32 Å². The van der Waals surface area contributed by atoms with E-state index in [1.807, 2.05) is 27.1 Å². The average molecular weight is 249 g/mol. The van der Waals surface area contributed by atoms with Crippen LogP contribution in [0.25, 0.3) is 0 Å². The molecule has 98 valence electrons. The van der Waals surface area contributed by atoms with E-state index >= 15 is 0 Å². The highest BCUT2D eigenvalue weighted by atomic mass is 16.2. The summed E-state index contributed by atoms with van der Waals surface area (Å²) in [6, 6.07) is -0.247. The number of rotatable bonds is 4. The van der Waals surface area contributed by atoms with Crippen LogP contribution >= 0.6 is 0 Å². The van der Waals surface area contributed by atoms with Crippen LogP contribution < -0.4 is 10.7 Å². The van der Waals surface area contributed by atoms with E-state index in [4.69, 9.17) is 0 Å². The molecule has 18 heavy (non-hydrogen) atoms. The number of hydrogen-bond donors (Lipinski definition) is 2. The summed E-state index contributed by atoms with van der Waals surface area (Å²) in [4.78, 5) is 11.5. The zero-order chi connectivity index (χ0) is 13.1. The maximum absolute atomic E-state index is 11.5. The van der Waals surface area contributed by atoms with Crippen LogP contribution in [0, 0.1) is 12.8 Å². The summed E-state index contributed by atoms with van der Waals surface area (Å²) in [5.41, 5.74) is 5.10. The number of nitrogens with zero attached hydrogens (tertiary/aromatic N) is 3. The molecule has 0 aliphatic heterocycles. The molecule has 2 amide bonds. The maximum atomic E-state index is 11.5. The molecule has 0 unspecified atom stereocenters. The van der Waals surface area contributed by atoms with Gasteiger partial charge in [0.25, 0.3) is 0 Å². The highest BCUT2D eigenvalue weighted by Gasteiger charge is 2.21. The van der Waals surface area contributed by atoms with Gasteiger partial charge in [0.05, 0.1) is 11.4 Å². The number of hydrazone groups is 1. The second-order valence-electron chi connectivity index (χ2n) is 4.76. The zero-order valence-electron chi connectivity index (χ0n) is 11.0. The van der Waals surface area contributed by atoms with Crippen LogP contribution in [0.3, 0.4) is 0 Å². The molecule has 0 atom stereocenters. The smallest absolute Gasteiger partial charge is 0.335 e. The Labute approximate surface area is 106 Å². The van der Waals surface area contributed by atoms with Crippen molar-refractivity contribution in [3.05, 3.63) is 17.5 Å². The molecule has 2 N–H and O–H groups in total. The summed E-state index contributed by atoms with van der Waals surface area (Å²) in [6.07, 6.45) is 4.33. The number of urea groups is 1. The van der Waals surface area contributed by atoms with Gasteiger partial charge in [-0.2, -0.15) is 10.2 Å². The van der Waals surface area contributed by atoms with Crippen LogP contribution in [-0.2, 0) is 7.05 Å². The fourth-order valence-electron chi connectivity index (χ4n) is 1.75. The van der Waals surface area contributed by atoms with Gasteiger partial charge in [0, 0.05) is 25.4 Å². The first-order chi connectivity index (χ1) is 8.56. The van der Waals surface area contributed by atoms with Gasteiger partial charge in [0.15, 0.2) is 0 Å². The highest BCUT2D eigenvalue weighted by molar-refractivity contribution is 5.99. The Bertz CT molecular complexity index is 473. The Morgan fingerprint density at radius 1 is 1.61 bits per heavy atom. The number of amides is 2. The Morgan fingerprint density at radius 3 is 2.89 bits per heavy atom. The van der Waals surface area contributed by atoms with Gasteiger partial charge in [0.1, 0.15) is 0 Å². The van der Waals surface area contributed by atoms with Crippen molar-refractivity contribution in [2.45, 2.75) is 26.7 Å². The molecule has 1 aromatic heterocycles. The lowest BCUT2D eigenvalue weighted by molar-refractivity contribution is 0.241. The lowest BCUT2D eigenvalue weighted by Gasteiger charge is -2.03. The fraction of sp³-hybridized carbons (Fsp3) is 0.583. The van der Waals surface area contributed by atoms with Gasteiger partial charge in [-0.1, -0.05) is 0 Å². The number of nitrogens with one attached hydrogen (secondary N) is 2.